The molecule has 1 atom stereocenters. The molecule has 0 bridgehead atoms. The minimum atomic E-state index is -1.35. The fraction of sp³-hybridized carbons (Fsp3) is 0.235. The molecule has 8 nitrogen and oxygen atoms in total. The Morgan fingerprint density at radius 1 is 1.38 bits per heavy atom. The van der Waals surface area contributed by atoms with Gasteiger partial charge < -0.3 is 19.8 Å². The van der Waals surface area contributed by atoms with Crippen molar-refractivity contribution >= 4 is 35.1 Å². The molecule has 1 saturated heterocycles. The Bertz CT molecular complexity index is 867. The number of halogens is 1. The van der Waals surface area contributed by atoms with Gasteiger partial charge in [0.2, 0.25) is 5.91 Å². The topological polar surface area (TPSA) is 101 Å². The number of ether oxygens (including phenoxy) is 1. The van der Waals surface area contributed by atoms with Crippen LogP contribution in [0.25, 0.3) is 0 Å². The van der Waals surface area contributed by atoms with E-state index in [4.69, 9.17) is 20.8 Å². The summed E-state index contributed by atoms with van der Waals surface area (Å²) in [5.74, 6) is -0.459. The smallest absolute Gasteiger partial charge is 0.325 e. The van der Waals surface area contributed by atoms with Crippen molar-refractivity contribution < 1.29 is 23.5 Å². The molecule has 1 aromatic heterocycles. The molecule has 0 radical (unpaired) electrons. The van der Waals surface area contributed by atoms with Crippen LogP contribution in [-0.4, -0.2) is 36.4 Å². The van der Waals surface area contributed by atoms with Gasteiger partial charge in [0.1, 0.15) is 18.1 Å². The normalized spacial score (nSPS) is 19.4. The molecular formula is C17H16ClN3O5. The molecule has 0 spiro atoms. The van der Waals surface area contributed by atoms with Gasteiger partial charge in [-0.3, -0.25) is 14.5 Å². The summed E-state index contributed by atoms with van der Waals surface area (Å²) in [7, 11) is 1.45. The standard InChI is InChI=1S/C17H16ClN3O5/c1-17(13-4-3-7-26-13)15(23)21(16(24)20-17)9-14(22)19-11-8-10(18)5-6-12(11)25-2/h3-8H,9H2,1-2H3,(H,19,22)(H,20,24)/t17-/m0/s1. The molecule has 2 heterocycles. The Kier molecular flexibility index (Phi) is 4.60. The number of benzene rings is 1. The number of imide groups is 1. The van der Waals surface area contributed by atoms with Crippen LogP contribution in [0.4, 0.5) is 10.5 Å². The summed E-state index contributed by atoms with van der Waals surface area (Å²) in [6.45, 7) is 1.06. The number of amides is 4. The van der Waals surface area contributed by atoms with E-state index < -0.39 is 29.9 Å². The van der Waals surface area contributed by atoms with E-state index in [2.05, 4.69) is 10.6 Å². The Balaban J connectivity index is 1.75. The number of hydrogen-bond acceptors (Lipinski definition) is 5. The largest absolute Gasteiger partial charge is 0.495 e. The van der Waals surface area contributed by atoms with Gasteiger partial charge in [0.25, 0.3) is 5.91 Å². The van der Waals surface area contributed by atoms with Crippen molar-refractivity contribution in [1.29, 1.82) is 0 Å². The van der Waals surface area contributed by atoms with Gasteiger partial charge in [0.15, 0.2) is 5.54 Å². The lowest BCUT2D eigenvalue weighted by Crippen LogP contribution is -2.41. The Labute approximate surface area is 154 Å². The zero-order chi connectivity index (χ0) is 18.9. The molecule has 136 valence electrons. The van der Waals surface area contributed by atoms with Crippen LogP contribution < -0.4 is 15.4 Å². The molecule has 4 amide bonds. The molecular weight excluding hydrogens is 362 g/mol. The van der Waals surface area contributed by atoms with Crippen molar-refractivity contribution in [3.05, 3.63) is 47.4 Å². The van der Waals surface area contributed by atoms with Crippen molar-refractivity contribution in [3.8, 4) is 5.75 Å². The predicted octanol–water partition coefficient (Wildman–Crippen LogP) is 2.35. The van der Waals surface area contributed by atoms with Gasteiger partial charge in [-0.15, -0.1) is 0 Å². The molecule has 1 fully saturated rings. The fourth-order valence-electron chi connectivity index (χ4n) is 2.68. The first kappa shape index (κ1) is 17.8. The number of rotatable bonds is 5. The van der Waals surface area contributed by atoms with E-state index in [1.54, 1.807) is 24.3 Å². The molecule has 0 unspecified atom stereocenters. The average Bonchev–Trinajstić information content (AvgIpc) is 3.20. The molecule has 1 aliphatic rings. The fourth-order valence-corrected chi connectivity index (χ4v) is 2.85. The van der Waals surface area contributed by atoms with Gasteiger partial charge in [-0.2, -0.15) is 0 Å². The lowest BCUT2D eigenvalue weighted by Gasteiger charge is -2.19. The maximum absolute atomic E-state index is 12.7. The summed E-state index contributed by atoms with van der Waals surface area (Å²) in [6.07, 6.45) is 1.40. The molecule has 9 heteroatoms. The monoisotopic (exact) mass is 377 g/mol. The second kappa shape index (κ2) is 6.72. The number of nitrogens with one attached hydrogen (secondary N) is 2. The first-order chi connectivity index (χ1) is 12.3. The van der Waals surface area contributed by atoms with E-state index in [1.165, 1.54) is 26.4 Å². The molecule has 1 aromatic carbocycles. The maximum atomic E-state index is 12.7. The summed E-state index contributed by atoms with van der Waals surface area (Å²) >= 11 is 5.92. The quantitative estimate of drug-likeness (QED) is 0.779. The van der Waals surface area contributed by atoms with Crippen LogP contribution in [0.15, 0.2) is 41.0 Å². The van der Waals surface area contributed by atoms with Crippen LogP contribution in [0.2, 0.25) is 5.02 Å². The second-order valence-electron chi connectivity index (χ2n) is 5.82. The SMILES string of the molecule is COc1ccc(Cl)cc1NC(=O)CN1C(=O)N[C@@](C)(c2ccco2)C1=O. The van der Waals surface area contributed by atoms with E-state index in [0.29, 0.717) is 16.5 Å². The highest BCUT2D eigenvalue weighted by Gasteiger charge is 2.51. The first-order valence-electron chi connectivity index (χ1n) is 7.66. The number of methoxy groups -OCH3 is 1. The third kappa shape index (κ3) is 3.11. The first-order valence-corrected chi connectivity index (χ1v) is 8.04. The van der Waals surface area contributed by atoms with Gasteiger partial charge in [-0.25, -0.2) is 4.79 Å². The number of hydrogen-bond donors (Lipinski definition) is 2. The van der Waals surface area contributed by atoms with E-state index >= 15 is 0 Å². The van der Waals surface area contributed by atoms with Gasteiger partial charge in [-0.05, 0) is 37.3 Å². The average molecular weight is 378 g/mol. The number of anilines is 1. The molecule has 2 N–H and O–H groups in total. The summed E-state index contributed by atoms with van der Waals surface area (Å²) in [5, 5.41) is 5.54. The van der Waals surface area contributed by atoms with Crippen LogP contribution in [0, 0.1) is 0 Å². The zero-order valence-electron chi connectivity index (χ0n) is 14.0. The Morgan fingerprint density at radius 2 is 2.15 bits per heavy atom. The van der Waals surface area contributed by atoms with E-state index in [1.807, 2.05) is 0 Å². The van der Waals surface area contributed by atoms with Gasteiger partial charge in [-0.1, -0.05) is 11.6 Å². The summed E-state index contributed by atoms with van der Waals surface area (Å²) in [6, 6.07) is 7.24. The van der Waals surface area contributed by atoms with E-state index in [9.17, 15) is 14.4 Å². The Hall–Kier alpha value is -3.00. The minimum Gasteiger partial charge on any atom is -0.495 e. The van der Waals surface area contributed by atoms with Crippen LogP contribution in [0.1, 0.15) is 12.7 Å². The third-order valence-corrected chi connectivity index (χ3v) is 4.26. The van der Waals surface area contributed by atoms with Crippen molar-refractivity contribution in [2.24, 2.45) is 0 Å². The number of urea groups is 1. The summed E-state index contributed by atoms with van der Waals surface area (Å²) in [5.41, 5.74) is -1.01. The summed E-state index contributed by atoms with van der Waals surface area (Å²) < 4.78 is 10.4. The van der Waals surface area contributed by atoms with Crippen LogP contribution >= 0.6 is 11.6 Å². The molecule has 0 saturated carbocycles. The maximum Gasteiger partial charge on any atom is 0.325 e. The van der Waals surface area contributed by atoms with E-state index in [0.717, 1.165) is 4.90 Å². The predicted molar refractivity (Wildman–Crippen MR) is 92.9 cm³/mol. The lowest BCUT2D eigenvalue weighted by atomic mass is 9.99. The minimum absolute atomic E-state index is 0.287. The van der Waals surface area contributed by atoms with Crippen LogP contribution in [0.3, 0.4) is 0 Å². The summed E-state index contributed by atoms with van der Waals surface area (Å²) in [4.78, 5) is 38.0. The van der Waals surface area contributed by atoms with Crippen molar-refractivity contribution in [3.63, 3.8) is 0 Å². The number of furan rings is 1. The van der Waals surface area contributed by atoms with E-state index in [-0.39, 0.29) is 5.76 Å². The molecule has 26 heavy (non-hydrogen) atoms. The molecule has 3 rings (SSSR count). The van der Waals surface area contributed by atoms with Crippen molar-refractivity contribution in [2.75, 3.05) is 19.0 Å². The van der Waals surface area contributed by atoms with Gasteiger partial charge >= 0.3 is 6.03 Å². The lowest BCUT2D eigenvalue weighted by molar-refractivity contribution is -0.134. The molecule has 2 aromatic rings. The third-order valence-electron chi connectivity index (χ3n) is 4.03. The second-order valence-corrected chi connectivity index (χ2v) is 6.25. The van der Waals surface area contributed by atoms with Gasteiger partial charge in [0, 0.05) is 5.02 Å². The number of nitrogens with zero attached hydrogens (tertiary/aromatic N) is 1. The van der Waals surface area contributed by atoms with Crippen LogP contribution in [0.5, 0.6) is 5.75 Å². The van der Waals surface area contributed by atoms with Crippen LogP contribution in [-0.2, 0) is 15.1 Å². The number of carbonyl (C=O) groups excluding carboxylic acids is 3. The molecule has 1 aliphatic heterocycles. The zero-order valence-corrected chi connectivity index (χ0v) is 14.8. The van der Waals surface area contributed by atoms with Crippen molar-refractivity contribution in [2.45, 2.75) is 12.5 Å². The molecule has 0 aliphatic carbocycles. The van der Waals surface area contributed by atoms with Crippen molar-refractivity contribution in [1.82, 2.24) is 10.2 Å². The highest BCUT2D eigenvalue weighted by molar-refractivity contribution is 6.31. The highest BCUT2D eigenvalue weighted by Crippen LogP contribution is 2.30. The number of carbonyl (C=O) groups is 3. The Morgan fingerprint density at radius 3 is 2.81 bits per heavy atom. The van der Waals surface area contributed by atoms with Gasteiger partial charge in [0.05, 0.1) is 19.1 Å². The highest BCUT2D eigenvalue weighted by atomic mass is 35.5.